The number of carbonyl (C=O) groups is 1. The molecule has 5 nitrogen and oxygen atoms in total. The van der Waals surface area contributed by atoms with Crippen LogP contribution in [0.1, 0.15) is 41.6 Å². The van der Waals surface area contributed by atoms with Crippen molar-refractivity contribution in [2.45, 2.75) is 38.3 Å². The monoisotopic (exact) mass is 491 g/mol. The molecule has 1 aromatic heterocycles. The molecule has 35 heavy (non-hydrogen) atoms. The van der Waals surface area contributed by atoms with Gasteiger partial charge in [-0.15, -0.1) is 0 Å². The van der Waals surface area contributed by atoms with E-state index in [0.29, 0.717) is 34.1 Å². The Balaban J connectivity index is 1.41. The van der Waals surface area contributed by atoms with Gasteiger partial charge in [0.2, 0.25) is 0 Å². The molecule has 1 amide bonds. The maximum absolute atomic E-state index is 14.9. The molecule has 7 heteroatoms. The predicted octanol–water partition coefficient (Wildman–Crippen LogP) is 5.83. The minimum absolute atomic E-state index is 0.0651. The highest BCUT2D eigenvalue weighted by molar-refractivity contribution is 6.32. The van der Waals surface area contributed by atoms with Crippen molar-refractivity contribution >= 4 is 28.4 Å². The summed E-state index contributed by atoms with van der Waals surface area (Å²) < 4.78 is 16.6. The van der Waals surface area contributed by atoms with Crippen LogP contribution in [0.3, 0.4) is 0 Å². The lowest BCUT2D eigenvalue weighted by molar-refractivity contribution is 0.0915. The Labute approximate surface area is 208 Å². The highest BCUT2D eigenvalue weighted by Crippen LogP contribution is 2.28. The van der Waals surface area contributed by atoms with Crippen LogP contribution >= 0.6 is 11.6 Å². The highest BCUT2D eigenvalue weighted by atomic mass is 35.5. The summed E-state index contributed by atoms with van der Waals surface area (Å²) in [7, 11) is 0. The minimum Gasteiger partial charge on any atom is -0.396 e. The molecule has 1 aliphatic carbocycles. The molecule has 0 unspecified atom stereocenters. The summed E-state index contributed by atoms with van der Waals surface area (Å²) in [6.07, 6.45) is 5.16. The van der Waals surface area contributed by atoms with Crippen LogP contribution in [0.15, 0.2) is 66.9 Å². The summed E-state index contributed by atoms with van der Waals surface area (Å²) >= 11 is 6.32. The average molecular weight is 492 g/mol. The van der Waals surface area contributed by atoms with Crippen LogP contribution in [0.5, 0.6) is 0 Å². The van der Waals surface area contributed by atoms with E-state index in [4.69, 9.17) is 11.6 Å². The number of hydrogen-bond donors (Lipinski definition) is 2. The van der Waals surface area contributed by atoms with E-state index in [9.17, 15) is 14.3 Å². The van der Waals surface area contributed by atoms with Gasteiger partial charge in [0.25, 0.3) is 5.91 Å². The Morgan fingerprint density at radius 3 is 2.57 bits per heavy atom. The van der Waals surface area contributed by atoms with Crippen molar-refractivity contribution in [2.24, 2.45) is 5.92 Å². The molecule has 1 fully saturated rings. The van der Waals surface area contributed by atoms with Gasteiger partial charge >= 0.3 is 0 Å². The largest absolute Gasteiger partial charge is 0.396 e. The van der Waals surface area contributed by atoms with Gasteiger partial charge in [-0.25, -0.2) is 4.39 Å². The zero-order chi connectivity index (χ0) is 24.4. The van der Waals surface area contributed by atoms with Crippen LogP contribution < -0.4 is 5.32 Å². The van der Waals surface area contributed by atoms with Crippen molar-refractivity contribution in [1.82, 2.24) is 15.1 Å². The Morgan fingerprint density at radius 2 is 1.86 bits per heavy atom. The fourth-order valence-electron chi connectivity index (χ4n) is 4.92. The van der Waals surface area contributed by atoms with Crippen LogP contribution in [0.4, 0.5) is 4.39 Å². The molecule has 4 aromatic rings. The summed E-state index contributed by atoms with van der Waals surface area (Å²) in [5.41, 5.74) is 3.24. The first-order valence-electron chi connectivity index (χ1n) is 11.9. The predicted molar refractivity (Wildman–Crippen MR) is 136 cm³/mol. The summed E-state index contributed by atoms with van der Waals surface area (Å²) in [6.45, 7) is 0.515. The van der Waals surface area contributed by atoms with E-state index in [1.807, 2.05) is 36.4 Å². The van der Waals surface area contributed by atoms with Crippen molar-refractivity contribution in [3.63, 3.8) is 0 Å². The molecule has 1 heterocycles. The van der Waals surface area contributed by atoms with Crippen LogP contribution in [0.2, 0.25) is 5.02 Å². The number of nitrogens with one attached hydrogen (secondary N) is 1. The molecule has 3 aromatic carbocycles. The standard InChI is InChI=1S/C28H27ClFN3O2/c29-22-13-21-15-31-33(16-19-8-11-24(26(30)12-19)20-4-2-1-3-5-20)27(21)25(14-22)28(35)32-23-9-6-18(17-34)7-10-23/h1-5,8,11-15,18,23,34H,6-7,9-10,16-17H2,(H,32,35). The van der Waals surface area contributed by atoms with Gasteiger partial charge in [0.1, 0.15) is 5.82 Å². The molecule has 0 atom stereocenters. The number of aliphatic hydroxyl groups excluding tert-OH is 1. The zero-order valence-electron chi connectivity index (χ0n) is 19.3. The van der Waals surface area contributed by atoms with Gasteiger partial charge in [0.15, 0.2) is 0 Å². The smallest absolute Gasteiger partial charge is 0.253 e. The van der Waals surface area contributed by atoms with Gasteiger partial charge in [-0.05, 0) is 60.9 Å². The van der Waals surface area contributed by atoms with E-state index < -0.39 is 0 Å². The normalized spacial score (nSPS) is 18.0. The number of hydrogen-bond acceptors (Lipinski definition) is 3. The lowest BCUT2D eigenvalue weighted by atomic mass is 9.86. The molecule has 0 bridgehead atoms. The lowest BCUT2D eigenvalue weighted by Gasteiger charge is -2.28. The third-order valence-electron chi connectivity index (χ3n) is 6.83. The summed E-state index contributed by atoms with van der Waals surface area (Å²) in [5, 5.41) is 18.2. The Morgan fingerprint density at radius 1 is 1.09 bits per heavy atom. The van der Waals surface area contributed by atoms with Gasteiger partial charge in [0, 0.05) is 28.6 Å². The molecule has 2 N–H and O–H groups in total. The number of amides is 1. The maximum Gasteiger partial charge on any atom is 0.253 e. The molecule has 1 saturated carbocycles. The Hall–Kier alpha value is -3.22. The second-order valence-corrected chi connectivity index (χ2v) is 9.68. The average Bonchev–Trinajstić information content (AvgIpc) is 3.26. The fourth-order valence-corrected chi connectivity index (χ4v) is 5.15. The van der Waals surface area contributed by atoms with Gasteiger partial charge in [0.05, 0.1) is 23.8 Å². The van der Waals surface area contributed by atoms with Crippen molar-refractivity contribution in [1.29, 1.82) is 0 Å². The van der Waals surface area contributed by atoms with Gasteiger partial charge in [-0.1, -0.05) is 54.1 Å². The molecule has 0 spiro atoms. The lowest BCUT2D eigenvalue weighted by Crippen LogP contribution is -2.38. The molecule has 0 aliphatic heterocycles. The van der Waals surface area contributed by atoms with Gasteiger partial charge in [-0.3, -0.25) is 9.48 Å². The number of nitrogens with zero attached hydrogens (tertiary/aromatic N) is 2. The van der Waals surface area contributed by atoms with Crippen LogP contribution in [-0.2, 0) is 6.54 Å². The van der Waals surface area contributed by atoms with E-state index in [1.165, 1.54) is 6.07 Å². The summed E-state index contributed by atoms with van der Waals surface area (Å²) in [5.74, 6) is -0.182. The first kappa shape index (κ1) is 23.5. The molecule has 0 saturated heterocycles. The second-order valence-electron chi connectivity index (χ2n) is 9.25. The quantitative estimate of drug-likeness (QED) is 0.357. The number of aromatic nitrogens is 2. The number of fused-ring (bicyclic) bond motifs is 1. The maximum atomic E-state index is 14.9. The van der Waals surface area contributed by atoms with E-state index in [-0.39, 0.29) is 24.4 Å². The number of benzene rings is 3. The van der Waals surface area contributed by atoms with Crippen LogP contribution in [0.25, 0.3) is 22.0 Å². The SMILES string of the molecule is O=C(NC1CCC(CO)CC1)c1cc(Cl)cc2cnn(Cc3ccc(-c4ccccc4)c(F)c3)c12. The molecule has 0 radical (unpaired) electrons. The van der Waals surface area contributed by atoms with Gasteiger partial charge in [-0.2, -0.15) is 5.10 Å². The molecule has 180 valence electrons. The fraction of sp³-hybridized carbons (Fsp3) is 0.286. The molecular formula is C28H27ClFN3O2. The van der Waals surface area contributed by atoms with E-state index >= 15 is 0 Å². The van der Waals surface area contributed by atoms with Gasteiger partial charge < -0.3 is 10.4 Å². The van der Waals surface area contributed by atoms with E-state index in [1.54, 1.807) is 29.1 Å². The zero-order valence-corrected chi connectivity index (χ0v) is 20.0. The summed E-state index contributed by atoms with van der Waals surface area (Å²) in [6, 6.07) is 18.1. The van der Waals surface area contributed by atoms with Crippen LogP contribution in [-0.4, -0.2) is 33.4 Å². The van der Waals surface area contributed by atoms with Crippen molar-refractivity contribution < 1.29 is 14.3 Å². The number of aliphatic hydroxyl groups is 1. The third-order valence-corrected chi connectivity index (χ3v) is 7.05. The van der Waals surface area contributed by atoms with Crippen molar-refractivity contribution in [3.05, 3.63) is 88.8 Å². The van der Waals surface area contributed by atoms with Crippen molar-refractivity contribution in [2.75, 3.05) is 6.61 Å². The number of carbonyl (C=O) groups excluding carboxylic acids is 1. The first-order chi connectivity index (χ1) is 17.0. The minimum atomic E-state index is -0.301. The molecule has 5 rings (SSSR count). The first-order valence-corrected chi connectivity index (χ1v) is 12.3. The second kappa shape index (κ2) is 10.2. The highest BCUT2D eigenvalue weighted by Gasteiger charge is 2.24. The molecule has 1 aliphatic rings. The van der Waals surface area contributed by atoms with Crippen molar-refractivity contribution in [3.8, 4) is 11.1 Å². The Kier molecular flexibility index (Phi) is 6.84. The topological polar surface area (TPSA) is 67.2 Å². The third kappa shape index (κ3) is 5.09. The number of halogens is 2. The van der Waals surface area contributed by atoms with E-state index in [2.05, 4.69) is 10.4 Å². The van der Waals surface area contributed by atoms with E-state index in [0.717, 1.165) is 42.2 Å². The number of rotatable bonds is 6. The van der Waals surface area contributed by atoms with Crippen LogP contribution in [0, 0.1) is 11.7 Å². The summed E-state index contributed by atoms with van der Waals surface area (Å²) in [4.78, 5) is 13.3. The molecular weight excluding hydrogens is 465 g/mol. The Bertz CT molecular complexity index is 1350.